The molecule has 0 fully saturated rings. The van der Waals surface area contributed by atoms with Gasteiger partial charge < -0.3 is 0 Å². The second-order valence-corrected chi connectivity index (χ2v) is 17.1. The number of rotatable bonds is 5. The van der Waals surface area contributed by atoms with Gasteiger partial charge in [-0.3, -0.25) is 0 Å². The molecule has 0 bridgehead atoms. The van der Waals surface area contributed by atoms with E-state index in [0.717, 1.165) is 0 Å². The molecular formula is C64H40. The van der Waals surface area contributed by atoms with Crippen LogP contribution in [0.1, 0.15) is 0 Å². The summed E-state index contributed by atoms with van der Waals surface area (Å²) < 4.78 is 0. The first-order chi connectivity index (χ1) is 31.8. The molecule has 13 aromatic carbocycles. The lowest BCUT2D eigenvalue weighted by atomic mass is 9.83. The fourth-order valence-electron chi connectivity index (χ4n) is 10.8. The minimum Gasteiger partial charge on any atom is -0.0616 e. The molecule has 0 aliphatic rings. The molecule has 0 aliphatic carbocycles. The minimum absolute atomic E-state index is 1.20. The molecule has 0 N–H and O–H groups in total. The SMILES string of the molecule is c1cc(-c2ccc3cccc(-c4c5ccccc5c(-c5cccc6ccccc56)c5ccccc45)c3c2)cc(-c2c3ccccc3c(-c3cccc4ccccc34)c3ccccc23)c1. The summed E-state index contributed by atoms with van der Waals surface area (Å²) in [5, 5.41) is 17.6. The maximum absolute atomic E-state index is 2.42. The summed E-state index contributed by atoms with van der Waals surface area (Å²) in [5.74, 6) is 0. The van der Waals surface area contributed by atoms with E-state index in [9.17, 15) is 0 Å². The highest BCUT2D eigenvalue weighted by molar-refractivity contribution is 6.26. The summed E-state index contributed by atoms with van der Waals surface area (Å²) in [7, 11) is 0. The van der Waals surface area contributed by atoms with Gasteiger partial charge >= 0.3 is 0 Å². The third kappa shape index (κ3) is 5.63. The molecule has 0 aromatic heterocycles. The quantitative estimate of drug-likeness (QED) is 0.152. The van der Waals surface area contributed by atoms with E-state index in [1.165, 1.54) is 131 Å². The number of hydrogen-bond donors (Lipinski definition) is 0. The molecule has 64 heavy (non-hydrogen) atoms. The minimum atomic E-state index is 1.20. The Kier molecular flexibility index (Phi) is 8.32. The van der Waals surface area contributed by atoms with E-state index in [-0.39, 0.29) is 0 Å². The van der Waals surface area contributed by atoms with Crippen LogP contribution in [0.4, 0.5) is 0 Å². The smallest absolute Gasteiger partial charge is 0.00201 e. The highest BCUT2D eigenvalue weighted by Crippen LogP contribution is 2.48. The van der Waals surface area contributed by atoms with Gasteiger partial charge in [0, 0.05) is 0 Å². The van der Waals surface area contributed by atoms with E-state index in [1.807, 2.05) is 0 Å². The van der Waals surface area contributed by atoms with Crippen LogP contribution in [0.15, 0.2) is 243 Å². The monoisotopic (exact) mass is 808 g/mol. The summed E-state index contributed by atoms with van der Waals surface area (Å²) in [4.78, 5) is 0. The van der Waals surface area contributed by atoms with Crippen LogP contribution in [0.25, 0.3) is 131 Å². The second-order valence-electron chi connectivity index (χ2n) is 17.1. The first-order valence-electron chi connectivity index (χ1n) is 22.3. The molecule has 0 heterocycles. The van der Waals surface area contributed by atoms with E-state index in [0.29, 0.717) is 0 Å². The van der Waals surface area contributed by atoms with Crippen LogP contribution in [0.2, 0.25) is 0 Å². The van der Waals surface area contributed by atoms with Crippen molar-refractivity contribution >= 4 is 75.4 Å². The fraction of sp³-hybridized carbons (Fsp3) is 0. The lowest BCUT2D eigenvalue weighted by Gasteiger charge is -2.20. The van der Waals surface area contributed by atoms with E-state index < -0.39 is 0 Å². The van der Waals surface area contributed by atoms with Gasteiger partial charge in [0.1, 0.15) is 0 Å². The molecule has 0 radical (unpaired) electrons. The van der Waals surface area contributed by atoms with Crippen LogP contribution in [-0.2, 0) is 0 Å². The van der Waals surface area contributed by atoms with Crippen molar-refractivity contribution in [3.63, 3.8) is 0 Å². The number of benzene rings is 13. The van der Waals surface area contributed by atoms with Crippen molar-refractivity contribution in [2.75, 3.05) is 0 Å². The van der Waals surface area contributed by atoms with Gasteiger partial charge in [0.05, 0.1) is 0 Å². The molecule has 0 aliphatic heterocycles. The van der Waals surface area contributed by atoms with E-state index >= 15 is 0 Å². The van der Waals surface area contributed by atoms with Crippen LogP contribution >= 0.6 is 0 Å². The standard InChI is InChI=1S/C64H40/c1-3-24-47-41(17-1)19-14-34-49(47)62-53-28-7-5-26-51(53)61(52-27-6-8-29-54(52)62)46-23-13-22-44(39-46)45-38-37-43-21-16-36-59(60(43)40-45)64-57-32-11-9-30-55(57)63(56-31-10-12-33-58(56)64)50-35-15-20-42-18-2-4-25-48(42)50/h1-40H. The third-order valence-electron chi connectivity index (χ3n) is 13.6. The summed E-state index contributed by atoms with van der Waals surface area (Å²) in [6.07, 6.45) is 0. The lowest BCUT2D eigenvalue weighted by molar-refractivity contribution is 1.62. The van der Waals surface area contributed by atoms with Gasteiger partial charge in [-0.15, -0.1) is 0 Å². The second kappa shape index (κ2) is 14.7. The van der Waals surface area contributed by atoms with Gasteiger partial charge in [0.2, 0.25) is 0 Å². The van der Waals surface area contributed by atoms with Crippen molar-refractivity contribution in [1.82, 2.24) is 0 Å². The zero-order valence-electron chi connectivity index (χ0n) is 35.1. The van der Waals surface area contributed by atoms with E-state index in [2.05, 4.69) is 243 Å². The molecule has 0 heteroatoms. The summed E-state index contributed by atoms with van der Waals surface area (Å²) in [5.41, 5.74) is 12.5. The third-order valence-corrected chi connectivity index (χ3v) is 13.6. The van der Waals surface area contributed by atoms with Crippen molar-refractivity contribution < 1.29 is 0 Å². The zero-order valence-corrected chi connectivity index (χ0v) is 35.1. The maximum atomic E-state index is 2.42. The Morgan fingerprint density at radius 2 is 0.453 bits per heavy atom. The fourth-order valence-corrected chi connectivity index (χ4v) is 10.8. The van der Waals surface area contributed by atoms with Gasteiger partial charge in [-0.2, -0.15) is 0 Å². The summed E-state index contributed by atoms with van der Waals surface area (Å²) >= 11 is 0. The molecule has 0 atom stereocenters. The first kappa shape index (κ1) is 36.3. The Balaban J connectivity index is 1.01. The average Bonchev–Trinajstić information content (AvgIpc) is 3.36. The molecule has 296 valence electrons. The van der Waals surface area contributed by atoms with Crippen LogP contribution in [0.3, 0.4) is 0 Å². The molecule has 13 aromatic rings. The molecule has 0 saturated heterocycles. The van der Waals surface area contributed by atoms with Crippen molar-refractivity contribution in [1.29, 1.82) is 0 Å². The topological polar surface area (TPSA) is 0 Å². The highest BCUT2D eigenvalue weighted by Gasteiger charge is 2.21. The van der Waals surface area contributed by atoms with E-state index in [4.69, 9.17) is 0 Å². The number of fused-ring (bicyclic) bond motifs is 7. The number of hydrogen-bond acceptors (Lipinski definition) is 0. The van der Waals surface area contributed by atoms with Gasteiger partial charge in [-0.25, -0.2) is 0 Å². The molecule has 0 saturated carbocycles. The lowest BCUT2D eigenvalue weighted by Crippen LogP contribution is -1.93. The van der Waals surface area contributed by atoms with Gasteiger partial charge in [-0.05, 0) is 143 Å². The van der Waals surface area contributed by atoms with Crippen LogP contribution in [0.5, 0.6) is 0 Å². The van der Waals surface area contributed by atoms with Crippen molar-refractivity contribution in [3.8, 4) is 55.6 Å². The molecule has 0 nitrogen and oxygen atoms in total. The summed E-state index contributed by atoms with van der Waals surface area (Å²) in [6, 6.07) is 89.9. The molecule has 0 spiro atoms. The Labute approximate surface area is 371 Å². The Morgan fingerprint density at radius 3 is 0.891 bits per heavy atom. The zero-order chi connectivity index (χ0) is 42.1. The highest BCUT2D eigenvalue weighted by atomic mass is 14.2. The Bertz CT molecular complexity index is 3890. The Hall–Kier alpha value is -8.32. The first-order valence-corrected chi connectivity index (χ1v) is 22.3. The largest absolute Gasteiger partial charge is 0.0616 e. The van der Waals surface area contributed by atoms with Crippen molar-refractivity contribution in [2.45, 2.75) is 0 Å². The van der Waals surface area contributed by atoms with Gasteiger partial charge in [0.25, 0.3) is 0 Å². The van der Waals surface area contributed by atoms with Crippen LogP contribution in [0, 0.1) is 0 Å². The predicted molar refractivity (Wildman–Crippen MR) is 276 cm³/mol. The van der Waals surface area contributed by atoms with Gasteiger partial charge in [-0.1, -0.05) is 231 Å². The van der Waals surface area contributed by atoms with Crippen LogP contribution in [-0.4, -0.2) is 0 Å². The van der Waals surface area contributed by atoms with Gasteiger partial charge in [0.15, 0.2) is 0 Å². The maximum Gasteiger partial charge on any atom is -0.00201 e. The van der Waals surface area contributed by atoms with Crippen molar-refractivity contribution in [2.24, 2.45) is 0 Å². The average molecular weight is 809 g/mol. The van der Waals surface area contributed by atoms with Crippen LogP contribution < -0.4 is 0 Å². The summed E-state index contributed by atoms with van der Waals surface area (Å²) in [6.45, 7) is 0. The molecule has 13 rings (SSSR count). The predicted octanol–water partition coefficient (Wildman–Crippen LogP) is 18.1. The molecule has 0 unspecified atom stereocenters. The normalized spacial score (nSPS) is 11.8. The Morgan fingerprint density at radius 1 is 0.156 bits per heavy atom. The van der Waals surface area contributed by atoms with E-state index in [1.54, 1.807) is 0 Å². The molecule has 0 amide bonds. The molecular weight excluding hydrogens is 769 g/mol. The van der Waals surface area contributed by atoms with Crippen molar-refractivity contribution in [3.05, 3.63) is 243 Å².